The second-order valence-corrected chi connectivity index (χ2v) is 6.03. The van der Waals surface area contributed by atoms with Crippen LogP contribution in [0.3, 0.4) is 0 Å². The van der Waals surface area contributed by atoms with Gasteiger partial charge in [-0.1, -0.05) is 30.9 Å². The zero-order valence-corrected chi connectivity index (χ0v) is 16.7. The summed E-state index contributed by atoms with van der Waals surface area (Å²) in [5.41, 5.74) is 6.58. The molecule has 5 nitrogen and oxygen atoms in total. The molecule has 0 aromatic heterocycles. The fourth-order valence-electron chi connectivity index (χ4n) is 2.78. The molecule has 0 aliphatic heterocycles. The molecule has 1 fully saturated rings. The first kappa shape index (κ1) is 20.3. The van der Waals surface area contributed by atoms with Crippen LogP contribution in [0.15, 0.2) is 23.2 Å². The van der Waals surface area contributed by atoms with Gasteiger partial charge in [0.25, 0.3) is 0 Å². The van der Waals surface area contributed by atoms with E-state index in [2.05, 4.69) is 10.3 Å². The smallest absolute Gasteiger partial charge is 0.193 e. The van der Waals surface area contributed by atoms with E-state index in [1.54, 1.807) is 26.4 Å². The third-order valence-electron chi connectivity index (χ3n) is 4.16. The van der Waals surface area contributed by atoms with Crippen LogP contribution in [0.2, 0.25) is 5.02 Å². The molecule has 0 saturated heterocycles. The predicted octanol–water partition coefficient (Wildman–Crippen LogP) is 4.04. The van der Waals surface area contributed by atoms with Crippen molar-refractivity contribution in [1.82, 2.24) is 0 Å². The number of guanidine groups is 1. The lowest BCUT2D eigenvalue weighted by Crippen LogP contribution is -2.38. The van der Waals surface area contributed by atoms with Crippen LogP contribution in [0.4, 0.5) is 5.69 Å². The minimum atomic E-state index is -0.165. The van der Waals surface area contributed by atoms with Crippen molar-refractivity contribution >= 4 is 47.2 Å². The lowest BCUT2D eigenvalue weighted by molar-refractivity contribution is -0.0308. The number of rotatable bonds is 5. The standard InChI is InChI=1S/C16H24ClN3O2.HI/c1-21-14-7-6-12(10-13(14)17)20-15(18)19-11-16(22-2)8-4-3-5-9-16;/h6-7,10H,3-5,8-9,11H2,1-2H3,(H3,18,19,20);1H. The number of anilines is 1. The lowest BCUT2D eigenvalue weighted by Gasteiger charge is -2.34. The highest BCUT2D eigenvalue weighted by atomic mass is 127. The summed E-state index contributed by atoms with van der Waals surface area (Å²) in [6.45, 7) is 0.576. The molecule has 0 heterocycles. The Morgan fingerprint density at radius 2 is 2.00 bits per heavy atom. The summed E-state index contributed by atoms with van der Waals surface area (Å²) >= 11 is 6.09. The SMILES string of the molecule is COc1ccc(NC(N)=NCC2(OC)CCCCC2)cc1Cl.I. The molecule has 0 bridgehead atoms. The number of nitrogens with one attached hydrogen (secondary N) is 1. The minimum Gasteiger partial charge on any atom is -0.495 e. The molecular formula is C16H25ClIN3O2. The zero-order valence-electron chi connectivity index (χ0n) is 13.6. The van der Waals surface area contributed by atoms with Crippen molar-refractivity contribution in [2.24, 2.45) is 10.7 Å². The minimum absolute atomic E-state index is 0. The average Bonchev–Trinajstić information content (AvgIpc) is 2.54. The maximum Gasteiger partial charge on any atom is 0.193 e. The van der Waals surface area contributed by atoms with Gasteiger partial charge in [0.1, 0.15) is 5.75 Å². The van der Waals surface area contributed by atoms with Crippen LogP contribution >= 0.6 is 35.6 Å². The van der Waals surface area contributed by atoms with Gasteiger partial charge in [0.05, 0.1) is 24.3 Å². The van der Waals surface area contributed by atoms with E-state index in [1.165, 1.54) is 19.3 Å². The Morgan fingerprint density at radius 3 is 2.57 bits per heavy atom. The number of halogens is 2. The molecule has 0 unspecified atom stereocenters. The molecule has 130 valence electrons. The van der Waals surface area contributed by atoms with E-state index in [0.717, 1.165) is 18.5 Å². The monoisotopic (exact) mass is 453 g/mol. The topological polar surface area (TPSA) is 68.9 Å². The number of nitrogens with two attached hydrogens (primary N) is 1. The molecular weight excluding hydrogens is 429 g/mol. The second kappa shape index (κ2) is 9.54. The van der Waals surface area contributed by atoms with Crippen LogP contribution in [-0.2, 0) is 4.74 Å². The molecule has 1 saturated carbocycles. The Morgan fingerprint density at radius 1 is 1.30 bits per heavy atom. The first-order valence-electron chi connectivity index (χ1n) is 7.54. The number of ether oxygens (including phenoxy) is 2. The second-order valence-electron chi connectivity index (χ2n) is 5.62. The highest BCUT2D eigenvalue weighted by Crippen LogP contribution is 2.31. The Balaban J connectivity index is 0.00000264. The molecule has 0 spiro atoms. The van der Waals surface area contributed by atoms with E-state index in [1.807, 2.05) is 6.07 Å². The highest BCUT2D eigenvalue weighted by molar-refractivity contribution is 14.0. The van der Waals surface area contributed by atoms with E-state index in [9.17, 15) is 0 Å². The summed E-state index contributed by atoms with van der Waals surface area (Å²) < 4.78 is 10.8. The van der Waals surface area contributed by atoms with Gasteiger partial charge in [-0.25, -0.2) is 0 Å². The van der Waals surface area contributed by atoms with Gasteiger partial charge in [0.2, 0.25) is 0 Å². The molecule has 1 aromatic carbocycles. The molecule has 0 atom stereocenters. The van der Waals surface area contributed by atoms with Crippen LogP contribution in [0.5, 0.6) is 5.75 Å². The van der Waals surface area contributed by atoms with E-state index in [-0.39, 0.29) is 29.6 Å². The van der Waals surface area contributed by atoms with Gasteiger partial charge in [0, 0.05) is 12.8 Å². The Bertz CT molecular complexity index is 534. The zero-order chi connectivity index (χ0) is 16.0. The van der Waals surface area contributed by atoms with Gasteiger partial charge in [-0.05, 0) is 31.0 Å². The predicted molar refractivity (Wildman–Crippen MR) is 106 cm³/mol. The third kappa shape index (κ3) is 5.69. The lowest BCUT2D eigenvalue weighted by atomic mass is 9.85. The molecule has 1 aliphatic carbocycles. The number of hydrogen-bond acceptors (Lipinski definition) is 3. The van der Waals surface area contributed by atoms with Crippen LogP contribution in [-0.4, -0.2) is 32.3 Å². The molecule has 1 aromatic rings. The number of nitrogens with zero attached hydrogens (tertiary/aromatic N) is 1. The number of benzene rings is 1. The van der Waals surface area contributed by atoms with Crippen molar-refractivity contribution in [3.05, 3.63) is 23.2 Å². The normalized spacial score (nSPS) is 17.3. The van der Waals surface area contributed by atoms with Crippen molar-refractivity contribution in [3.63, 3.8) is 0 Å². The van der Waals surface area contributed by atoms with Gasteiger partial charge in [0.15, 0.2) is 5.96 Å². The molecule has 2 rings (SSSR count). The van der Waals surface area contributed by atoms with Crippen molar-refractivity contribution in [3.8, 4) is 5.75 Å². The molecule has 23 heavy (non-hydrogen) atoms. The number of methoxy groups -OCH3 is 2. The van der Waals surface area contributed by atoms with E-state index in [0.29, 0.717) is 23.3 Å². The average molecular weight is 454 g/mol. The van der Waals surface area contributed by atoms with Gasteiger partial charge < -0.3 is 20.5 Å². The Labute approximate surface area is 160 Å². The molecule has 3 N–H and O–H groups in total. The van der Waals surface area contributed by atoms with Crippen molar-refractivity contribution in [1.29, 1.82) is 0 Å². The fraction of sp³-hybridized carbons (Fsp3) is 0.562. The Kier molecular flexibility index (Phi) is 8.42. The van der Waals surface area contributed by atoms with Gasteiger partial charge in [-0.15, -0.1) is 24.0 Å². The maximum atomic E-state index is 6.09. The fourth-order valence-corrected chi connectivity index (χ4v) is 3.04. The van der Waals surface area contributed by atoms with Crippen LogP contribution in [0.25, 0.3) is 0 Å². The summed E-state index contributed by atoms with van der Waals surface area (Å²) in [5, 5.41) is 3.58. The quantitative estimate of drug-likeness (QED) is 0.401. The number of aliphatic imine (C=N–C) groups is 1. The van der Waals surface area contributed by atoms with Crippen molar-refractivity contribution in [2.75, 3.05) is 26.1 Å². The summed E-state index contributed by atoms with van der Waals surface area (Å²) in [6, 6.07) is 5.39. The van der Waals surface area contributed by atoms with E-state index < -0.39 is 0 Å². The largest absolute Gasteiger partial charge is 0.495 e. The summed E-state index contributed by atoms with van der Waals surface area (Å²) in [4.78, 5) is 4.44. The van der Waals surface area contributed by atoms with E-state index >= 15 is 0 Å². The van der Waals surface area contributed by atoms with Crippen LogP contribution < -0.4 is 15.8 Å². The Hall–Kier alpha value is -0.730. The number of hydrogen-bond donors (Lipinski definition) is 2. The van der Waals surface area contributed by atoms with Crippen LogP contribution in [0, 0.1) is 0 Å². The van der Waals surface area contributed by atoms with Gasteiger partial charge in [-0.3, -0.25) is 4.99 Å². The molecule has 0 amide bonds. The van der Waals surface area contributed by atoms with Crippen molar-refractivity contribution in [2.45, 2.75) is 37.7 Å². The molecule has 0 radical (unpaired) electrons. The van der Waals surface area contributed by atoms with Crippen LogP contribution in [0.1, 0.15) is 32.1 Å². The summed E-state index contributed by atoms with van der Waals surface area (Å²) in [5.74, 6) is 0.992. The first-order chi connectivity index (χ1) is 10.6. The van der Waals surface area contributed by atoms with E-state index in [4.69, 9.17) is 26.8 Å². The highest BCUT2D eigenvalue weighted by Gasteiger charge is 2.31. The van der Waals surface area contributed by atoms with Crippen molar-refractivity contribution < 1.29 is 9.47 Å². The summed E-state index contributed by atoms with van der Waals surface area (Å²) in [6.07, 6.45) is 5.71. The van der Waals surface area contributed by atoms with Gasteiger partial charge >= 0.3 is 0 Å². The summed E-state index contributed by atoms with van der Waals surface area (Å²) in [7, 11) is 3.34. The maximum absolute atomic E-state index is 6.09. The van der Waals surface area contributed by atoms with Gasteiger partial charge in [-0.2, -0.15) is 0 Å². The first-order valence-corrected chi connectivity index (χ1v) is 7.92. The third-order valence-corrected chi connectivity index (χ3v) is 4.45. The molecule has 7 heteroatoms. The molecule has 1 aliphatic rings.